The molecule has 6 nitrogen and oxygen atoms in total. The van der Waals surface area contributed by atoms with Gasteiger partial charge >= 0.3 is 6.03 Å². The van der Waals surface area contributed by atoms with Gasteiger partial charge in [0.2, 0.25) is 5.91 Å². The van der Waals surface area contributed by atoms with Crippen LogP contribution in [0.4, 0.5) is 4.79 Å². The number of nitrogens with one attached hydrogen (secondary N) is 1. The van der Waals surface area contributed by atoms with E-state index in [1.54, 1.807) is 35.2 Å². The summed E-state index contributed by atoms with van der Waals surface area (Å²) in [5, 5.41) is 3.68. The van der Waals surface area contributed by atoms with Gasteiger partial charge in [-0.05, 0) is 12.8 Å². The molecule has 0 unspecified atom stereocenters. The molecule has 2 rings (SSSR count). The van der Waals surface area contributed by atoms with E-state index >= 15 is 0 Å². The Balaban J connectivity index is 1.87. The maximum atomic E-state index is 12.1. The van der Waals surface area contributed by atoms with Crippen LogP contribution in [0.5, 0.6) is 0 Å². The van der Waals surface area contributed by atoms with Crippen LogP contribution in [0.2, 0.25) is 0 Å². The maximum Gasteiger partial charge on any atom is 0.318 e. The van der Waals surface area contributed by atoms with Crippen molar-refractivity contribution >= 4 is 23.3 Å². The monoisotopic (exact) mass is 296 g/mol. The quantitative estimate of drug-likeness (QED) is 0.904. The van der Waals surface area contributed by atoms with Crippen molar-refractivity contribution in [3.63, 3.8) is 0 Å². The number of thiazole rings is 1. The van der Waals surface area contributed by atoms with Gasteiger partial charge < -0.3 is 15.1 Å². The summed E-state index contributed by atoms with van der Waals surface area (Å²) in [6, 6.07) is -0.621. The molecule has 0 bridgehead atoms. The zero-order valence-electron chi connectivity index (χ0n) is 12.0. The van der Waals surface area contributed by atoms with Crippen molar-refractivity contribution in [3.05, 3.63) is 16.1 Å². The lowest BCUT2D eigenvalue weighted by atomic mass is 10.2. The highest BCUT2D eigenvalue weighted by Gasteiger charge is 2.30. The van der Waals surface area contributed by atoms with E-state index in [0.717, 1.165) is 11.4 Å². The Labute approximate surface area is 122 Å². The molecule has 0 saturated carbocycles. The number of carbonyl (C=O) groups is 2. The number of aryl methyl sites for hydroxylation is 1. The van der Waals surface area contributed by atoms with Crippen LogP contribution in [0.1, 0.15) is 23.2 Å². The molecule has 1 aromatic rings. The van der Waals surface area contributed by atoms with Gasteiger partial charge in [0, 0.05) is 31.7 Å². The Hall–Kier alpha value is -1.63. The molecule has 7 heteroatoms. The molecular formula is C13H20N4O2S. The molecule has 1 N–H and O–H groups in total. The molecule has 1 saturated heterocycles. The zero-order valence-corrected chi connectivity index (χ0v) is 12.9. The first-order chi connectivity index (χ1) is 9.51. The van der Waals surface area contributed by atoms with Crippen LogP contribution in [0.3, 0.4) is 0 Å². The van der Waals surface area contributed by atoms with E-state index in [2.05, 4.69) is 17.2 Å². The molecule has 2 heterocycles. The first kappa shape index (κ1) is 14.8. The molecule has 1 fully saturated rings. The number of urea groups is 1. The smallest absolute Gasteiger partial charge is 0.318 e. The topological polar surface area (TPSA) is 65.5 Å². The SMILES string of the molecule is CCc1cnc(CN(C)C(=O)N[C@@H]2CCN(C)C2=O)s1. The van der Waals surface area contributed by atoms with Gasteiger partial charge in [-0.1, -0.05) is 6.92 Å². The van der Waals surface area contributed by atoms with E-state index in [1.807, 2.05) is 6.20 Å². The Morgan fingerprint density at radius 2 is 2.40 bits per heavy atom. The van der Waals surface area contributed by atoms with Crippen molar-refractivity contribution in [2.24, 2.45) is 0 Å². The van der Waals surface area contributed by atoms with Crippen molar-refractivity contribution in [1.82, 2.24) is 20.1 Å². The van der Waals surface area contributed by atoms with Gasteiger partial charge in [0.1, 0.15) is 11.0 Å². The second-order valence-electron chi connectivity index (χ2n) is 4.98. The Morgan fingerprint density at radius 3 is 2.95 bits per heavy atom. The average Bonchev–Trinajstić information content (AvgIpc) is 3.00. The van der Waals surface area contributed by atoms with Crippen molar-refractivity contribution < 1.29 is 9.59 Å². The molecule has 1 aliphatic heterocycles. The summed E-state index contributed by atoms with van der Waals surface area (Å²) in [6.45, 7) is 3.24. The van der Waals surface area contributed by atoms with Gasteiger partial charge in [0.15, 0.2) is 0 Å². The van der Waals surface area contributed by atoms with Crippen molar-refractivity contribution in [1.29, 1.82) is 0 Å². The highest BCUT2D eigenvalue weighted by molar-refractivity contribution is 7.11. The first-order valence-corrected chi connectivity index (χ1v) is 7.53. The fourth-order valence-electron chi connectivity index (χ4n) is 2.07. The third kappa shape index (κ3) is 3.27. The lowest BCUT2D eigenvalue weighted by Crippen LogP contribution is -2.46. The van der Waals surface area contributed by atoms with Crippen molar-refractivity contribution in [2.45, 2.75) is 32.4 Å². The third-order valence-electron chi connectivity index (χ3n) is 3.39. The summed E-state index contributed by atoms with van der Waals surface area (Å²) in [5.74, 6) is -0.0192. The van der Waals surface area contributed by atoms with Crippen LogP contribution in [0, 0.1) is 0 Å². The van der Waals surface area contributed by atoms with E-state index in [0.29, 0.717) is 19.5 Å². The van der Waals surface area contributed by atoms with Crippen molar-refractivity contribution in [3.8, 4) is 0 Å². The summed E-state index contributed by atoms with van der Waals surface area (Å²) in [7, 11) is 3.46. The normalized spacial score (nSPS) is 18.4. The average molecular weight is 296 g/mol. The van der Waals surface area contributed by atoms with Gasteiger partial charge in [0.25, 0.3) is 0 Å². The number of amides is 3. The lowest BCUT2D eigenvalue weighted by Gasteiger charge is -2.19. The third-order valence-corrected chi connectivity index (χ3v) is 4.52. The molecule has 0 aliphatic carbocycles. The standard InChI is InChI=1S/C13H20N4O2S/c1-4-9-7-14-11(20-9)8-17(3)13(19)15-10-5-6-16(2)12(10)18/h7,10H,4-6,8H2,1-3H3,(H,15,19)/t10-/m1/s1. The van der Waals surface area contributed by atoms with Crippen LogP contribution in [-0.4, -0.2) is 53.4 Å². The number of hydrogen-bond acceptors (Lipinski definition) is 4. The van der Waals surface area contributed by atoms with Gasteiger partial charge in [-0.2, -0.15) is 0 Å². The number of aromatic nitrogens is 1. The minimum Gasteiger partial charge on any atom is -0.344 e. The number of hydrogen-bond donors (Lipinski definition) is 1. The van der Waals surface area contributed by atoms with E-state index in [4.69, 9.17) is 0 Å². The lowest BCUT2D eigenvalue weighted by molar-refractivity contribution is -0.128. The minimum atomic E-state index is -0.391. The predicted molar refractivity (Wildman–Crippen MR) is 77.5 cm³/mol. The Morgan fingerprint density at radius 1 is 1.65 bits per heavy atom. The summed E-state index contributed by atoms with van der Waals surface area (Å²) >= 11 is 1.61. The molecule has 20 heavy (non-hydrogen) atoms. The van der Waals surface area contributed by atoms with Gasteiger partial charge in [-0.15, -0.1) is 11.3 Å². The van der Waals surface area contributed by atoms with Crippen LogP contribution < -0.4 is 5.32 Å². The van der Waals surface area contributed by atoms with E-state index in [1.165, 1.54) is 4.88 Å². The van der Waals surface area contributed by atoms with E-state index < -0.39 is 6.04 Å². The predicted octanol–water partition coefficient (Wildman–Crippen LogP) is 1.08. The number of nitrogens with zero attached hydrogens (tertiary/aromatic N) is 3. The number of carbonyl (C=O) groups excluding carboxylic acids is 2. The molecule has 3 amide bonds. The second kappa shape index (κ2) is 6.21. The molecule has 0 spiro atoms. The highest BCUT2D eigenvalue weighted by atomic mass is 32.1. The summed E-state index contributed by atoms with van der Waals surface area (Å²) < 4.78 is 0. The second-order valence-corrected chi connectivity index (χ2v) is 6.18. The van der Waals surface area contributed by atoms with Crippen LogP contribution in [0.25, 0.3) is 0 Å². The molecule has 1 atom stereocenters. The Bertz CT molecular complexity index is 502. The van der Waals surface area contributed by atoms with Crippen LogP contribution in [-0.2, 0) is 17.8 Å². The van der Waals surface area contributed by atoms with Gasteiger partial charge in [-0.3, -0.25) is 4.79 Å². The minimum absolute atomic E-state index is 0.0192. The summed E-state index contributed by atoms with van der Waals surface area (Å²) in [5.41, 5.74) is 0. The summed E-state index contributed by atoms with van der Waals surface area (Å²) in [6.07, 6.45) is 3.48. The number of likely N-dealkylation sites (tertiary alicyclic amines) is 1. The fraction of sp³-hybridized carbons (Fsp3) is 0.615. The number of rotatable bonds is 4. The first-order valence-electron chi connectivity index (χ1n) is 6.71. The molecule has 0 radical (unpaired) electrons. The summed E-state index contributed by atoms with van der Waals surface area (Å²) in [4.78, 5) is 32.5. The molecule has 0 aromatic carbocycles. The fourth-order valence-corrected chi connectivity index (χ4v) is 2.99. The maximum absolute atomic E-state index is 12.1. The molecule has 110 valence electrons. The van der Waals surface area contributed by atoms with Crippen LogP contribution in [0.15, 0.2) is 6.20 Å². The molecule has 1 aliphatic rings. The highest BCUT2D eigenvalue weighted by Crippen LogP contribution is 2.15. The van der Waals surface area contributed by atoms with E-state index in [9.17, 15) is 9.59 Å². The van der Waals surface area contributed by atoms with Crippen LogP contribution >= 0.6 is 11.3 Å². The number of likely N-dealkylation sites (N-methyl/N-ethyl adjacent to an activating group) is 1. The largest absolute Gasteiger partial charge is 0.344 e. The molecular weight excluding hydrogens is 276 g/mol. The molecule has 1 aromatic heterocycles. The van der Waals surface area contributed by atoms with Crippen molar-refractivity contribution in [2.75, 3.05) is 20.6 Å². The zero-order chi connectivity index (χ0) is 14.7. The van der Waals surface area contributed by atoms with Gasteiger partial charge in [0.05, 0.1) is 6.54 Å². The van der Waals surface area contributed by atoms with Gasteiger partial charge in [-0.25, -0.2) is 9.78 Å². The Kier molecular flexibility index (Phi) is 4.59. The van der Waals surface area contributed by atoms with E-state index in [-0.39, 0.29) is 11.9 Å².